The Morgan fingerprint density at radius 2 is 2.00 bits per heavy atom. The highest BCUT2D eigenvalue weighted by atomic mass is 16.5. The van der Waals surface area contributed by atoms with Gasteiger partial charge in [0.15, 0.2) is 0 Å². The van der Waals surface area contributed by atoms with Crippen LogP contribution in [0.15, 0.2) is 6.07 Å². The van der Waals surface area contributed by atoms with Gasteiger partial charge in [0, 0.05) is 19.0 Å². The van der Waals surface area contributed by atoms with E-state index in [1.807, 2.05) is 33.8 Å². The Balaban J connectivity index is 2.55. The van der Waals surface area contributed by atoms with Crippen molar-refractivity contribution >= 4 is 5.82 Å². The monoisotopic (exact) mass is 253 g/mol. The molecule has 0 aliphatic heterocycles. The smallest absolute Gasteiger partial charge is 0.218 e. The van der Waals surface area contributed by atoms with E-state index in [9.17, 15) is 0 Å². The van der Waals surface area contributed by atoms with Gasteiger partial charge in [-0.15, -0.1) is 0 Å². The first-order chi connectivity index (χ1) is 8.65. The van der Waals surface area contributed by atoms with E-state index in [0.29, 0.717) is 19.1 Å². The molecule has 0 fully saturated rings. The predicted octanol–water partition coefficient (Wildman–Crippen LogP) is 2.27. The zero-order valence-electron chi connectivity index (χ0n) is 11.7. The van der Waals surface area contributed by atoms with Gasteiger partial charge in [0.05, 0.1) is 12.7 Å². The van der Waals surface area contributed by atoms with Gasteiger partial charge in [-0.3, -0.25) is 0 Å². The molecule has 0 atom stereocenters. The molecule has 5 heteroatoms. The Kier molecular flexibility index (Phi) is 6.43. The van der Waals surface area contributed by atoms with E-state index in [1.54, 1.807) is 0 Å². The third-order valence-corrected chi connectivity index (χ3v) is 2.21. The molecule has 0 aliphatic rings. The molecular weight excluding hydrogens is 230 g/mol. The lowest BCUT2D eigenvalue weighted by molar-refractivity contribution is 0.0542. The molecule has 1 heterocycles. The Bertz CT molecular complexity index is 356. The van der Waals surface area contributed by atoms with Crippen LogP contribution < -0.4 is 10.1 Å². The zero-order valence-corrected chi connectivity index (χ0v) is 11.7. The number of hydrogen-bond acceptors (Lipinski definition) is 5. The summed E-state index contributed by atoms with van der Waals surface area (Å²) in [6, 6.07) is 1.82. The summed E-state index contributed by atoms with van der Waals surface area (Å²) in [5.74, 6) is 2.20. The van der Waals surface area contributed by atoms with Crippen LogP contribution in [0.25, 0.3) is 0 Å². The van der Waals surface area contributed by atoms with E-state index in [-0.39, 0.29) is 6.10 Å². The van der Waals surface area contributed by atoms with Gasteiger partial charge >= 0.3 is 0 Å². The molecule has 1 aromatic rings. The van der Waals surface area contributed by atoms with Gasteiger partial charge in [-0.25, -0.2) is 4.98 Å². The molecule has 1 aromatic heterocycles. The molecule has 0 spiro atoms. The summed E-state index contributed by atoms with van der Waals surface area (Å²) in [6.07, 6.45) is 1.01. The molecule has 1 rings (SSSR count). The van der Waals surface area contributed by atoms with E-state index in [4.69, 9.17) is 9.47 Å². The van der Waals surface area contributed by atoms with E-state index in [1.165, 1.54) is 0 Å². The van der Waals surface area contributed by atoms with Crippen LogP contribution in [0.1, 0.15) is 33.5 Å². The SMILES string of the molecule is CCNc1cc(OCCOC(C)C)nc(CC)n1. The minimum absolute atomic E-state index is 0.225. The molecule has 0 saturated carbocycles. The Morgan fingerprint density at radius 1 is 1.22 bits per heavy atom. The van der Waals surface area contributed by atoms with Gasteiger partial charge in [0.25, 0.3) is 0 Å². The van der Waals surface area contributed by atoms with Crippen LogP contribution >= 0.6 is 0 Å². The van der Waals surface area contributed by atoms with Gasteiger partial charge in [0.1, 0.15) is 18.2 Å². The summed E-state index contributed by atoms with van der Waals surface area (Å²) in [6.45, 7) is 9.97. The van der Waals surface area contributed by atoms with Gasteiger partial charge in [-0.1, -0.05) is 6.92 Å². The number of anilines is 1. The lowest BCUT2D eigenvalue weighted by Gasteiger charge is -2.11. The van der Waals surface area contributed by atoms with Gasteiger partial charge < -0.3 is 14.8 Å². The van der Waals surface area contributed by atoms with Crippen molar-refractivity contribution in [1.29, 1.82) is 0 Å². The number of rotatable bonds is 8. The van der Waals surface area contributed by atoms with Crippen molar-refractivity contribution in [2.45, 2.75) is 40.2 Å². The van der Waals surface area contributed by atoms with E-state index >= 15 is 0 Å². The third-order valence-electron chi connectivity index (χ3n) is 2.21. The maximum Gasteiger partial charge on any atom is 0.218 e. The maximum absolute atomic E-state index is 5.57. The quantitative estimate of drug-likeness (QED) is 0.720. The highest BCUT2D eigenvalue weighted by molar-refractivity contribution is 5.38. The number of aromatic nitrogens is 2. The molecule has 0 bridgehead atoms. The minimum Gasteiger partial charge on any atom is -0.475 e. The molecule has 18 heavy (non-hydrogen) atoms. The van der Waals surface area contributed by atoms with Gasteiger partial charge in [-0.05, 0) is 20.8 Å². The molecule has 0 unspecified atom stereocenters. The largest absolute Gasteiger partial charge is 0.475 e. The summed E-state index contributed by atoms with van der Waals surface area (Å²) in [5, 5.41) is 3.17. The van der Waals surface area contributed by atoms with E-state index in [0.717, 1.165) is 24.6 Å². The second-order valence-corrected chi connectivity index (χ2v) is 4.16. The van der Waals surface area contributed by atoms with Crippen LogP contribution in [0.3, 0.4) is 0 Å². The summed E-state index contributed by atoms with van der Waals surface area (Å²) in [4.78, 5) is 8.69. The van der Waals surface area contributed by atoms with Crippen LogP contribution in [0.5, 0.6) is 5.88 Å². The predicted molar refractivity (Wildman–Crippen MR) is 72.2 cm³/mol. The summed E-state index contributed by atoms with van der Waals surface area (Å²) in [5.41, 5.74) is 0. The highest BCUT2D eigenvalue weighted by Crippen LogP contribution is 2.13. The maximum atomic E-state index is 5.57. The van der Waals surface area contributed by atoms with Crippen molar-refractivity contribution in [3.63, 3.8) is 0 Å². The van der Waals surface area contributed by atoms with Crippen LogP contribution in [0.2, 0.25) is 0 Å². The van der Waals surface area contributed by atoms with Crippen LogP contribution in [-0.2, 0) is 11.2 Å². The summed E-state index contributed by atoms with van der Waals surface area (Å²) in [7, 11) is 0. The second-order valence-electron chi connectivity index (χ2n) is 4.16. The molecule has 5 nitrogen and oxygen atoms in total. The van der Waals surface area contributed by atoms with Gasteiger partial charge in [-0.2, -0.15) is 4.98 Å². The summed E-state index contributed by atoms with van der Waals surface area (Å²) < 4.78 is 11.0. The third kappa shape index (κ3) is 5.31. The van der Waals surface area contributed by atoms with Crippen molar-refractivity contribution in [2.75, 3.05) is 25.1 Å². The average molecular weight is 253 g/mol. The topological polar surface area (TPSA) is 56.3 Å². The first kappa shape index (κ1) is 14.7. The Hall–Kier alpha value is -1.36. The van der Waals surface area contributed by atoms with Crippen LogP contribution in [-0.4, -0.2) is 35.8 Å². The Morgan fingerprint density at radius 3 is 2.61 bits per heavy atom. The molecule has 1 N–H and O–H groups in total. The molecule has 0 radical (unpaired) electrons. The lowest BCUT2D eigenvalue weighted by Crippen LogP contribution is -2.12. The van der Waals surface area contributed by atoms with Crippen molar-refractivity contribution in [2.24, 2.45) is 0 Å². The zero-order chi connectivity index (χ0) is 13.4. The molecule has 102 valence electrons. The number of nitrogens with zero attached hydrogens (tertiary/aromatic N) is 2. The molecule has 0 aliphatic carbocycles. The molecule has 0 amide bonds. The van der Waals surface area contributed by atoms with E-state index < -0.39 is 0 Å². The van der Waals surface area contributed by atoms with Crippen molar-refractivity contribution in [3.8, 4) is 5.88 Å². The van der Waals surface area contributed by atoms with Crippen molar-refractivity contribution < 1.29 is 9.47 Å². The van der Waals surface area contributed by atoms with Crippen molar-refractivity contribution in [1.82, 2.24) is 9.97 Å². The van der Waals surface area contributed by atoms with Gasteiger partial charge in [0.2, 0.25) is 5.88 Å². The Labute approximate surface area is 109 Å². The van der Waals surface area contributed by atoms with E-state index in [2.05, 4.69) is 15.3 Å². The first-order valence-electron chi connectivity index (χ1n) is 6.51. The van der Waals surface area contributed by atoms with Crippen LogP contribution in [0, 0.1) is 0 Å². The first-order valence-corrected chi connectivity index (χ1v) is 6.51. The highest BCUT2D eigenvalue weighted by Gasteiger charge is 2.04. The summed E-state index contributed by atoms with van der Waals surface area (Å²) >= 11 is 0. The number of ether oxygens (including phenoxy) is 2. The standard InChI is InChI=1S/C13H23N3O2/c1-5-11-15-12(14-6-2)9-13(16-11)18-8-7-17-10(3)4/h9-10H,5-8H2,1-4H3,(H,14,15,16). The average Bonchev–Trinajstić information content (AvgIpc) is 2.34. The number of nitrogens with one attached hydrogen (secondary N) is 1. The second kappa shape index (κ2) is 7.87. The van der Waals surface area contributed by atoms with Crippen LogP contribution in [0.4, 0.5) is 5.82 Å². The normalized spacial score (nSPS) is 10.7. The minimum atomic E-state index is 0.225. The van der Waals surface area contributed by atoms with Crippen molar-refractivity contribution in [3.05, 3.63) is 11.9 Å². The molecule has 0 aromatic carbocycles. The fourth-order valence-electron chi connectivity index (χ4n) is 1.41. The number of hydrogen-bond donors (Lipinski definition) is 1. The number of aryl methyl sites for hydroxylation is 1. The lowest BCUT2D eigenvalue weighted by atomic mass is 10.4. The fourth-order valence-corrected chi connectivity index (χ4v) is 1.41. The fraction of sp³-hybridized carbons (Fsp3) is 0.692. The molecule has 0 saturated heterocycles. The molecular formula is C13H23N3O2.